The van der Waals surface area contributed by atoms with E-state index in [-0.39, 0.29) is 0 Å². The molecule has 0 aromatic heterocycles. The highest BCUT2D eigenvalue weighted by molar-refractivity contribution is 4.86. The van der Waals surface area contributed by atoms with Gasteiger partial charge in [0.1, 0.15) is 0 Å². The summed E-state index contributed by atoms with van der Waals surface area (Å²) in [5, 5.41) is 0. The van der Waals surface area contributed by atoms with E-state index in [4.69, 9.17) is 5.73 Å². The van der Waals surface area contributed by atoms with Crippen molar-refractivity contribution in [3.8, 4) is 0 Å². The fourth-order valence-corrected chi connectivity index (χ4v) is 1.27. The fraction of sp³-hybridized carbons (Fsp3) is 1.00. The van der Waals surface area contributed by atoms with Crippen molar-refractivity contribution in [2.75, 3.05) is 0 Å². The molecule has 0 spiro atoms. The van der Waals surface area contributed by atoms with Gasteiger partial charge in [0.2, 0.25) is 0 Å². The number of hydrogen-bond donors (Lipinski definition) is 1. The summed E-state index contributed by atoms with van der Waals surface area (Å²) in [6.45, 7) is 4.43. The fourth-order valence-electron chi connectivity index (χ4n) is 1.27. The van der Waals surface area contributed by atoms with E-state index in [0.29, 0.717) is 6.04 Å². The maximum Gasteiger partial charge on any atom is 0.00905 e. The lowest BCUT2D eigenvalue weighted by Crippen LogP contribution is -2.45. The molecule has 2 N–H and O–H groups in total. The first-order valence-electron chi connectivity index (χ1n) is 2.97. The van der Waals surface area contributed by atoms with Gasteiger partial charge < -0.3 is 5.73 Å². The van der Waals surface area contributed by atoms with Gasteiger partial charge in [-0.15, -0.1) is 0 Å². The molecule has 1 fully saturated rings. The molecule has 2 atom stereocenters. The number of rotatable bonds is 0. The second-order valence-electron chi connectivity index (χ2n) is 2.77. The van der Waals surface area contributed by atoms with E-state index in [1.165, 1.54) is 6.42 Å². The minimum atomic E-state index is 0.500. The minimum Gasteiger partial charge on any atom is -0.327 e. The predicted octanol–water partition coefficient (Wildman–Crippen LogP) is 0.990. The van der Waals surface area contributed by atoms with Gasteiger partial charge in [-0.25, -0.2) is 0 Å². The monoisotopic (exact) mass is 99.1 g/mol. The molecular formula is C6H13N. The molecule has 0 saturated heterocycles. The molecule has 0 aliphatic heterocycles. The molecule has 1 heteroatoms. The van der Waals surface area contributed by atoms with Crippen LogP contribution in [0.3, 0.4) is 0 Å². The van der Waals surface area contributed by atoms with Crippen molar-refractivity contribution in [3.63, 3.8) is 0 Å². The summed E-state index contributed by atoms with van der Waals surface area (Å²) in [5.74, 6) is 1.57. The molecule has 1 rings (SSSR count). The van der Waals surface area contributed by atoms with Gasteiger partial charge in [-0.3, -0.25) is 0 Å². The lowest BCUT2D eigenvalue weighted by Gasteiger charge is -2.37. The van der Waals surface area contributed by atoms with Crippen LogP contribution in [0.5, 0.6) is 0 Å². The third-order valence-corrected chi connectivity index (χ3v) is 2.06. The molecule has 0 aromatic rings. The molecule has 0 radical (unpaired) electrons. The summed E-state index contributed by atoms with van der Waals surface area (Å²) in [6.07, 6.45) is 1.33. The van der Waals surface area contributed by atoms with Gasteiger partial charge in [-0.05, 0) is 18.3 Å². The summed E-state index contributed by atoms with van der Waals surface area (Å²) in [4.78, 5) is 0. The first-order valence-corrected chi connectivity index (χ1v) is 2.97. The summed E-state index contributed by atoms with van der Waals surface area (Å²) < 4.78 is 0. The summed E-state index contributed by atoms with van der Waals surface area (Å²) in [7, 11) is 0. The van der Waals surface area contributed by atoms with Crippen molar-refractivity contribution in [3.05, 3.63) is 0 Å². The van der Waals surface area contributed by atoms with Crippen molar-refractivity contribution in [2.45, 2.75) is 26.3 Å². The molecule has 0 bridgehead atoms. The van der Waals surface area contributed by atoms with E-state index >= 15 is 0 Å². The third-order valence-electron chi connectivity index (χ3n) is 2.06. The first-order chi connectivity index (χ1) is 3.22. The Morgan fingerprint density at radius 3 is 1.71 bits per heavy atom. The average Bonchev–Trinajstić information content (AvgIpc) is 1.68. The lowest BCUT2D eigenvalue weighted by molar-refractivity contribution is 0.179. The molecule has 0 heterocycles. The maximum absolute atomic E-state index is 5.67. The van der Waals surface area contributed by atoms with Crippen LogP contribution in [0.4, 0.5) is 0 Å². The zero-order valence-electron chi connectivity index (χ0n) is 5.02. The molecular weight excluding hydrogens is 86.1 g/mol. The van der Waals surface area contributed by atoms with Crippen LogP contribution < -0.4 is 5.73 Å². The molecule has 1 aliphatic rings. The highest BCUT2D eigenvalue weighted by atomic mass is 14.7. The first kappa shape index (κ1) is 5.10. The lowest BCUT2D eigenvalue weighted by atomic mass is 9.73. The standard InChI is InChI=1S/C6H13N/c1-4-3-5(2)6(4)7/h4-6H,3,7H2,1-2H3. The Balaban J connectivity index is 2.29. The molecule has 42 valence electrons. The average molecular weight is 99.2 g/mol. The van der Waals surface area contributed by atoms with Crippen LogP contribution in [-0.2, 0) is 0 Å². The van der Waals surface area contributed by atoms with Gasteiger partial charge in [0.25, 0.3) is 0 Å². The summed E-state index contributed by atoms with van der Waals surface area (Å²) in [6, 6.07) is 0.500. The van der Waals surface area contributed by atoms with Crippen LogP contribution in [0.25, 0.3) is 0 Å². The van der Waals surface area contributed by atoms with Gasteiger partial charge in [0.15, 0.2) is 0 Å². The molecule has 1 aliphatic carbocycles. The van der Waals surface area contributed by atoms with Gasteiger partial charge >= 0.3 is 0 Å². The molecule has 7 heavy (non-hydrogen) atoms. The van der Waals surface area contributed by atoms with Crippen LogP contribution >= 0.6 is 0 Å². The molecule has 2 unspecified atom stereocenters. The zero-order chi connectivity index (χ0) is 5.44. The van der Waals surface area contributed by atoms with Gasteiger partial charge in [0, 0.05) is 6.04 Å². The molecule has 1 saturated carbocycles. The Labute approximate surface area is 44.9 Å². The highest BCUT2D eigenvalue weighted by Crippen LogP contribution is 2.30. The second kappa shape index (κ2) is 1.48. The smallest absolute Gasteiger partial charge is 0.00905 e. The van der Waals surface area contributed by atoms with E-state index in [2.05, 4.69) is 13.8 Å². The predicted molar refractivity (Wildman–Crippen MR) is 30.9 cm³/mol. The Hall–Kier alpha value is -0.0400. The maximum atomic E-state index is 5.67. The minimum absolute atomic E-state index is 0.500. The zero-order valence-corrected chi connectivity index (χ0v) is 5.02. The van der Waals surface area contributed by atoms with Crippen molar-refractivity contribution in [1.82, 2.24) is 0 Å². The quantitative estimate of drug-likeness (QED) is 0.481. The Bertz CT molecular complexity index is 62.6. The van der Waals surface area contributed by atoms with Crippen LogP contribution in [0, 0.1) is 11.8 Å². The number of nitrogens with two attached hydrogens (primary N) is 1. The molecule has 0 aromatic carbocycles. The molecule has 0 amide bonds. The van der Waals surface area contributed by atoms with E-state index in [0.717, 1.165) is 11.8 Å². The molecule has 1 nitrogen and oxygen atoms in total. The van der Waals surface area contributed by atoms with Crippen LogP contribution in [0.1, 0.15) is 20.3 Å². The van der Waals surface area contributed by atoms with Crippen molar-refractivity contribution in [1.29, 1.82) is 0 Å². The van der Waals surface area contributed by atoms with E-state index in [1.807, 2.05) is 0 Å². The second-order valence-corrected chi connectivity index (χ2v) is 2.77. The third kappa shape index (κ3) is 0.653. The largest absolute Gasteiger partial charge is 0.327 e. The summed E-state index contributed by atoms with van der Waals surface area (Å²) in [5.41, 5.74) is 5.67. The van der Waals surface area contributed by atoms with Crippen molar-refractivity contribution >= 4 is 0 Å². The van der Waals surface area contributed by atoms with Crippen LogP contribution in [-0.4, -0.2) is 6.04 Å². The van der Waals surface area contributed by atoms with Gasteiger partial charge in [0.05, 0.1) is 0 Å². The normalized spacial score (nSPS) is 51.0. The Morgan fingerprint density at radius 1 is 1.29 bits per heavy atom. The van der Waals surface area contributed by atoms with E-state index < -0.39 is 0 Å². The Kier molecular flexibility index (Phi) is 1.08. The van der Waals surface area contributed by atoms with Crippen LogP contribution in [0.15, 0.2) is 0 Å². The van der Waals surface area contributed by atoms with E-state index in [1.54, 1.807) is 0 Å². The van der Waals surface area contributed by atoms with Crippen LogP contribution in [0.2, 0.25) is 0 Å². The Morgan fingerprint density at radius 2 is 1.71 bits per heavy atom. The van der Waals surface area contributed by atoms with Crippen molar-refractivity contribution < 1.29 is 0 Å². The highest BCUT2D eigenvalue weighted by Gasteiger charge is 2.30. The van der Waals surface area contributed by atoms with Gasteiger partial charge in [-0.1, -0.05) is 13.8 Å². The van der Waals surface area contributed by atoms with Crippen molar-refractivity contribution in [2.24, 2.45) is 17.6 Å². The SMILES string of the molecule is CC1CC(C)C1N. The van der Waals surface area contributed by atoms with E-state index in [9.17, 15) is 0 Å². The topological polar surface area (TPSA) is 26.0 Å². The summed E-state index contributed by atoms with van der Waals surface area (Å²) >= 11 is 0. The van der Waals surface area contributed by atoms with Gasteiger partial charge in [-0.2, -0.15) is 0 Å². The number of hydrogen-bond acceptors (Lipinski definition) is 1.